The Morgan fingerprint density at radius 2 is 1.88 bits per heavy atom. The number of hydrogen-bond acceptors (Lipinski definition) is 5. The first-order valence-corrected chi connectivity index (χ1v) is 8.79. The van der Waals surface area contributed by atoms with Crippen molar-refractivity contribution in [2.75, 3.05) is 11.1 Å². The maximum absolute atomic E-state index is 12.1. The summed E-state index contributed by atoms with van der Waals surface area (Å²) >= 11 is 1.30. The van der Waals surface area contributed by atoms with Crippen molar-refractivity contribution in [2.24, 2.45) is 0 Å². The smallest absolute Gasteiger partial charge is 0.269 e. The largest absolute Gasteiger partial charge is 0.325 e. The van der Waals surface area contributed by atoms with Crippen LogP contribution in [0.15, 0.2) is 66.1 Å². The first kappa shape index (κ1) is 17.7. The second-order valence-electron chi connectivity index (χ2n) is 5.56. The number of anilines is 1. The molecular weight excluding hydrogens is 352 g/mol. The molecule has 1 N–H and O–H groups in total. The maximum atomic E-state index is 12.1. The number of hydrogen-bond donors (Lipinski definition) is 1. The Hall–Kier alpha value is -3.13. The standard InChI is InChI=1S/C18H16N4O3S/c1-13-2-4-14(5-3-13)20-17(23)12-26-18-19-10-11-21(18)15-6-8-16(9-7-15)22(24)25/h2-11H,12H2,1H3,(H,20,23). The average Bonchev–Trinajstić information content (AvgIpc) is 3.10. The lowest BCUT2D eigenvalue weighted by molar-refractivity contribution is -0.384. The highest BCUT2D eigenvalue weighted by Gasteiger charge is 2.11. The minimum absolute atomic E-state index is 0.0283. The number of non-ortho nitro benzene ring substituents is 1. The van der Waals surface area contributed by atoms with Crippen molar-refractivity contribution in [3.8, 4) is 5.69 Å². The van der Waals surface area contributed by atoms with Crippen molar-refractivity contribution in [1.29, 1.82) is 0 Å². The third-order valence-electron chi connectivity index (χ3n) is 3.61. The molecule has 3 rings (SSSR count). The van der Waals surface area contributed by atoms with Crippen LogP contribution in [0.2, 0.25) is 0 Å². The summed E-state index contributed by atoms with van der Waals surface area (Å²) in [5.41, 5.74) is 2.65. The van der Waals surface area contributed by atoms with Crippen LogP contribution in [0.4, 0.5) is 11.4 Å². The number of nitrogens with one attached hydrogen (secondary N) is 1. The number of nitrogens with zero attached hydrogens (tertiary/aromatic N) is 3. The number of imidazole rings is 1. The van der Waals surface area contributed by atoms with E-state index in [1.807, 2.05) is 31.2 Å². The summed E-state index contributed by atoms with van der Waals surface area (Å²) in [6.45, 7) is 1.99. The van der Waals surface area contributed by atoms with Crippen LogP contribution in [0.25, 0.3) is 5.69 Å². The molecule has 0 spiro atoms. The van der Waals surface area contributed by atoms with Gasteiger partial charge in [0.2, 0.25) is 5.91 Å². The summed E-state index contributed by atoms with van der Waals surface area (Å²) in [4.78, 5) is 26.7. The summed E-state index contributed by atoms with van der Waals surface area (Å²) in [5.74, 6) is 0.0785. The molecule has 1 heterocycles. The van der Waals surface area contributed by atoms with Gasteiger partial charge in [-0.2, -0.15) is 0 Å². The number of carbonyl (C=O) groups is 1. The second-order valence-corrected chi connectivity index (χ2v) is 6.50. The number of aryl methyl sites for hydroxylation is 1. The maximum Gasteiger partial charge on any atom is 0.269 e. The molecule has 0 saturated carbocycles. The Balaban J connectivity index is 1.64. The number of rotatable bonds is 6. The molecule has 0 aliphatic heterocycles. The first-order valence-electron chi connectivity index (χ1n) is 7.80. The van der Waals surface area contributed by atoms with Crippen LogP contribution in [-0.2, 0) is 4.79 Å². The van der Waals surface area contributed by atoms with Gasteiger partial charge in [-0.3, -0.25) is 19.5 Å². The first-order chi connectivity index (χ1) is 12.5. The number of nitro groups is 1. The van der Waals surface area contributed by atoms with Gasteiger partial charge in [-0.05, 0) is 31.2 Å². The van der Waals surface area contributed by atoms with Crippen LogP contribution < -0.4 is 5.32 Å². The molecule has 0 atom stereocenters. The van der Waals surface area contributed by atoms with Gasteiger partial charge >= 0.3 is 0 Å². The molecule has 0 fully saturated rings. The molecule has 1 amide bonds. The van der Waals surface area contributed by atoms with Crippen molar-refractivity contribution in [3.63, 3.8) is 0 Å². The van der Waals surface area contributed by atoms with E-state index in [1.54, 1.807) is 29.1 Å². The predicted octanol–water partition coefficient (Wildman–Crippen LogP) is 3.82. The van der Waals surface area contributed by atoms with E-state index in [1.165, 1.54) is 23.9 Å². The average molecular weight is 368 g/mol. The van der Waals surface area contributed by atoms with Gasteiger partial charge in [-0.25, -0.2) is 4.98 Å². The number of benzene rings is 2. The summed E-state index contributed by atoms with van der Waals surface area (Å²) < 4.78 is 1.79. The van der Waals surface area contributed by atoms with Crippen molar-refractivity contribution in [1.82, 2.24) is 9.55 Å². The van der Waals surface area contributed by atoms with E-state index in [4.69, 9.17) is 0 Å². The van der Waals surface area contributed by atoms with E-state index in [0.29, 0.717) is 5.16 Å². The minimum Gasteiger partial charge on any atom is -0.325 e. The van der Waals surface area contributed by atoms with Gasteiger partial charge in [0.25, 0.3) is 5.69 Å². The molecule has 26 heavy (non-hydrogen) atoms. The molecule has 0 bridgehead atoms. The van der Waals surface area contributed by atoms with Gasteiger partial charge in [0, 0.05) is 35.9 Å². The number of carbonyl (C=O) groups excluding carboxylic acids is 1. The molecule has 0 unspecified atom stereocenters. The van der Waals surface area contributed by atoms with E-state index in [9.17, 15) is 14.9 Å². The number of nitro benzene ring substituents is 1. The van der Waals surface area contributed by atoms with Crippen molar-refractivity contribution >= 4 is 29.0 Å². The number of thioether (sulfide) groups is 1. The van der Waals surface area contributed by atoms with Gasteiger partial charge in [0.15, 0.2) is 5.16 Å². The van der Waals surface area contributed by atoms with Crippen molar-refractivity contribution in [3.05, 3.63) is 76.6 Å². The van der Waals surface area contributed by atoms with Crippen LogP contribution in [0.1, 0.15) is 5.56 Å². The zero-order valence-corrected chi connectivity index (χ0v) is 14.8. The zero-order chi connectivity index (χ0) is 18.5. The fourth-order valence-corrected chi connectivity index (χ4v) is 3.07. The molecular formula is C18H16N4O3S. The Morgan fingerprint density at radius 1 is 1.19 bits per heavy atom. The molecule has 0 aliphatic carbocycles. The summed E-state index contributed by atoms with van der Waals surface area (Å²) in [7, 11) is 0. The highest BCUT2D eigenvalue weighted by Crippen LogP contribution is 2.22. The molecule has 8 heteroatoms. The van der Waals surface area contributed by atoms with Crippen LogP contribution >= 0.6 is 11.8 Å². The molecule has 132 valence electrons. The quantitative estimate of drug-likeness (QED) is 0.406. The SMILES string of the molecule is Cc1ccc(NC(=O)CSc2nccn2-c2ccc([N+](=O)[O-])cc2)cc1. The van der Waals surface area contributed by atoms with Crippen LogP contribution in [-0.4, -0.2) is 26.1 Å². The lowest BCUT2D eigenvalue weighted by Crippen LogP contribution is -2.14. The number of aromatic nitrogens is 2. The Kier molecular flexibility index (Phi) is 5.33. The fourth-order valence-electron chi connectivity index (χ4n) is 2.29. The summed E-state index contributed by atoms with van der Waals surface area (Å²) in [6, 6.07) is 13.8. The normalized spacial score (nSPS) is 10.5. The van der Waals surface area contributed by atoms with Crippen molar-refractivity contribution < 1.29 is 9.72 Å². The lowest BCUT2D eigenvalue weighted by atomic mass is 10.2. The molecule has 0 aliphatic rings. The van der Waals surface area contributed by atoms with Gasteiger partial charge in [-0.15, -0.1) is 0 Å². The predicted molar refractivity (Wildman–Crippen MR) is 101 cm³/mol. The summed E-state index contributed by atoms with van der Waals surface area (Å²) in [6.07, 6.45) is 3.38. The van der Waals surface area contributed by atoms with E-state index in [2.05, 4.69) is 10.3 Å². The molecule has 0 saturated heterocycles. The highest BCUT2D eigenvalue weighted by molar-refractivity contribution is 7.99. The Morgan fingerprint density at radius 3 is 2.54 bits per heavy atom. The Labute approximate surface area is 154 Å². The van der Waals surface area contributed by atoms with E-state index >= 15 is 0 Å². The molecule has 1 aromatic heterocycles. The van der Waals surface area contributed by atoms with E-state index in [0.717, 1.165) is 16.9 Å². The van der Waals surface area contributed by atoms with Crippen LogP contribution in [0, 0.1) is 17.0 Å². The molecule has 3 aromatic rings. The number of amides is 1. The van der Waals surface area contributed by atoms with Crippen molar-refractivity contribution in [2.45, 2.75) is 12.1 Å². The van der Waals surface area contributed by atoms with Gasteiger partial charge in [0.05, 0.1) is 10.7 Å². The van der Waals surface area contributed by atoms with Crippen LogP contribution in [0.3, 0.4) is 0 Å². The zero-order valence-electron chi connectivity index (χ0n) is 14.0. The fraction of sp³-hybridized carbons (Fsp3) is 0.111. The van der Waals surface area contributed by atoms with Gasteiger partial charge < -0.3 is 5.32 Å². The third kappa shape index (κ3) is 4.28. The molecule has 0 radical (unpaired) electrons. The van der Waals surface area contributed by atoms with Crippen LogP contribution in [0.5, 0.6) is 0 Å². The van der Waals surface area contributed by atoms with E-state index < -0.39 is 4.92 Å². The topological polar surface area (TPSA) is 90.1 Å². The summed E-state index contributed by atoms with van der Waals surface area (Å²) in [5, 5.41) is 14.2. The third-order valence-corrected chi connectivity index (χ3v) is 4.58. The molecule has 2 aromatic carbocycles. The lowest BCUT2D eigenvalue weighted by Gasteiger charge is -2.08. The van der Waals surface area contributed by atoms with E-state index in [-0.39, 0.29) is 17.3 Å². The second kappa shape index (κ2) is 7.83. The van der Waals surface area contributed by atoms with Gasteiger partial charge in [0.1, 0.15) is 0 Å². The Bertz CT molecular complexity index is 920. The highest BCUT2D eigenvalue weighted by atomic mass is 32.2. The minimum atomic E-state index is -0.442. The monoisotopic (exact) mass is 368 g/mol. The van der Waals surface area contributed by atoms with Gasteiger partial charge in [-0.1, -0.05) is 29.5 Å². The molecule has 7 nitrogen and oxygen atoms in total.